The van der Waals surface area contributed by atoms with Gasteiger partial charge in [0.05, 0.1) is 106 Å². The lowest BCUT2D eigenvalue weighted by Gasteiger charge is -2.28. The molecular formula is C54H83N9O16S. The Labute approximate surface area is 470 Å². The second kappa shape index (κ2) is 36.4. The molecular weight excluding hydrogens is 1060 g/mol. The van der Waals surface area contributed by atoms with Gasteiger partial charge in [-0.1, -0.05) is 18.2 Å². The fraction of sp³-hybridized carbons (Fsp3) is 0.648. The molecule has 2 aromatic heterocycles. The highest BCUT2D eigenvalue weighted by Crippen LogP contribution is 2.31. The number of para-hydroxylation sites is 1. The zero-order valence-corrected chi connectivity index (χ0v) is 47.7. The lowest BCUT2D eigenvalue weighted by molar-refractivity contribution is -0.138. The van der Waals surface area contributed by atoms with E-state index in [2.05, 4.69) is 20.9 Å². The van der Waals surface area contributed by atoms with Gasteiger partial charge in [-0.05, 0) is 53.5 Å². The SMILES string of the molecule is CCOCc1nc2c(N)nc3ccccc3c2n1CC(C)(C)OCCCC(=O)C(C)(C)NC(=O)CCNC(=O)C(CC(=O)O)SCC(CC(=O)CCOCCOCCOCCOCCCC(=O)CNC(=O)CCC(=O)CN)C(N)=O. The van der Waals surface area contributed by atoms with Crippen molar-refractivity contribution >= 4 is 92.2 Å². The molecule has 0 saturated carbocycles. The van der Waals surface area contributed by atoms with Gasteiger partial charge in [-0.15, -0.1) is 11.8 Å². The molecule has 0 aliphatic rings. The fourth-order valence-corrected chi connectivity index (χ4v) is 9.12. The number of carboxylic acid groups (broad SMARTS) is 1. The number of rotatable bonds is 46. The number of carbonyl (C=O) groups is 9. The largest absolute Gasteiger partial charge is 0.481 e. The van der Waals surface area contributed by atoms with Crippen LogP contribution in [-0.4, -0.2) is 180 Å². The van der Waals surface area contributed by atoms with E-state index in [1.54, 1.807) is 13.8 Å². The smallest absolute Gasteiger partial charge is 0.305 e. The molecule has 0 aliphatic carbocycles. The first kappa shape index (κ1) is 68.3. The molecule has 2 unspecified atom stereocenters. The van der Waals surface area contributed by atoms with Gasteiger partial charge in [0, 0.05) is 82.5 Å². The lowest BCUT2D eigenvalue weighted by atomic mass is 9.95. The Morgan fingerprint density at radius 3 is 2.02 bits per heavy atom. The van der Waals surface area contributed by atoms with Gasteiger partial charge in [0.15, 0.2) is 17.4 Å². The van der Waals surface area contributed by atoms with Gasteiger partial charge in [-0.2, -0.15) is 0 Å². The molecule has 3 aromatic rings. The molecule has 26 heteroatoms. The van der Waals surface area contributed by atoms with Gasteiger partial charge in [0.25, 0.3) is 0 Å². The van der Waals surface area contributed by atoms with Crippen molar-refractivity contribution in [3.8, 4) is 0 Å². The first-order chi connectivity index (χ1) is 38.1. The van der Waals surface area contributed by atoms with E-state index in [-0.39, 0.29) is 139 Å². The number of primary amides is 1. The van der Waals surface area contributed by atoms with Gasteiger partial charge in [0.2, 0.25) is 23.6 Å². The topological polar surface area (TPSA) is 374 Å². The van der Waals surface area contributed by atoms with Crippen molar-refractivity contribution in [3.05, 3.63) is 30.1 Å². The highest BCUT2D eigenvalue weighted by molar-refractivity contribution is 8.00. The fourth-order valence-electron chi connectivity index (χ4n) is 7.88. The Morgan fingerprint density at radius 1 is 0.725 bits per heavy atom. The number of fused-ring (bicyclic) bond motifs is 3. The third kappa shape index (κ3) is 26.1. The van der Waals surface area contributed by atoms with Gasteiger partial charge < -0.3 is 71.2 Å². The molecule has 0 radical (unpaired) electrons. The summed E-state index contributed by atoms with van der Waals surface area (Å²) in [5.74, 6) is -4.68. The van der Waals surface area contributed by atoms with Crippen molar-refractivity contribution < 1.29 is 76.7 Å². The first-order valence-electron chi connectivity index (χ1n) is 26.9. The standard InChI is InChI=1S/C54H83N9O16S/c1-6-74-33-44-61-48-49(40-12-7-8-13-41(40)60-50(48)56)63(44)35-53(2,3)79-21-10-14-43(67)54(4,5)62-46(69)17-19-58-52(73)42(30-47(70)71)80-34-36(51(57)72)29-37(64)18-22-76-24-26-78-28-27-77-25-23-75-20-9-11-39(66)32-59-45(68)16-15-38(65)31-55/h7-8,12-13,36,42H,6,9-11,14-35,55H2,1-5H3,(H2,56,60)(H2,57,72)(H,58,73)(H,59,68)(H,62,69)(H,70,71). The number of Topliss-reactive ketones (excluding diaryl/α,β-unsaturated/α-hetero) is 4. The number of nitrogens with zero attached hydrogens (tertiary/aromatic N) is 3. The summed E-state index contributed by atoms with van der Waals surface area (Å²) in [6.07, 6.45) is 0.167. The predicted octanol–water partition coefficient (Wildman–Crippen LogP) is 2.12. The minimum absolute atomic E-state index is 0.00419. The summed E-state index contributed by atoms with van der Waals surface area (Å²) in [5, 5.41) is 17.0. The van der Waals surface area contributed by atoms with Crippen LogP contribution in [0.4, 0.5) is 5.82 Å². The number of carbonyl (C=O) groups excluding carboxylic acids is 8. The number of benzene rings is 1. The molecule has 4 amide bonds. The number of ketones is 4. The van der Waals surface area contributed by atoms with Gasteiger partial charge in [-0.3, -0.25) is 43.2 Å². The summed E-state index contributed by atoms with van der Waals surface area (Å²) in [4.78, 5) is 120. The normalized spacial score (nSPS) is 12.5. The van der Waals surface area contributed by atoms with Crippen molar-refractivity contribution in [1.29, 1.82) is 0 Å². The van der Waals surface area contributed by atoms with Crippen LogP contribution in [0.2, 0.25) is 0 Å². The zero-order chi connectivity index (χ0) is 59.1. The minimum atomic E-state index is -1.27. The number of hydrogen-bond donors (Lipinski definition) is 7. The number of anilines is 1. The lowest BCUT2D eigenvalue weighted by Crippen LogP contribution is -2.50. The summed E-state index contributed by atoms with van der Waals surface area (Å²) in [5.41, 5.74) is 17.3. The molecule has 2 atom stereocenters. The molecule has 80 heavy (non-hydrogen) atoms. The van der Waals surface area contributed by atoms with Crippen molar-refractivity contribution in [2.24, 2.45) is 17.4 Å². The second-order valence-electron chi connectivity index (χ2n) is 19.9. The van der Waals surface area contributed by atoms with Crippen LogP contribution in [0.25, 0.3) is 21.9 Å². The highest BCUT2D eigenvalue weighted by atomic mass is 32.2. The number of nitrogens with two attached hydrogens (primary N) is 3. The molecule has 0 fully saturated rings. The van der Waals surface area contributed by atoms with Crippen molar-refractivity contribution in [2.45, 2.75) is 128 Å². The van der Waals surface area contributed by atoms with Crippen LogP contribution in [0.3, 0.4) is 0 Å². The first-order valence-corrected chi connectivity index (χ1v) is 27.9. The van der Waals surface area contributed by atoms with Crippen LogP contribution in [0.1, 0.15) is 105 Å². The average Bonchev–Trinajstić information content (AvgIpc) is 3.76. The maximum atomic E-state index is 13.3. The third-order valence-electron chi connectivity index (χ3n) is 12.3. The number of nitrogens with one attached hydrogen (secondary N) is 3. The Balaban J connectivity index is 1.28. The van der Waals surface area contributed by atoms with Crippen molar-refractivity contribution in [1.82, 2.24) is 30.5 Å². The Morgan fingerprint density at radius 2 is 1.38 bits per heavy atom. The number of imidazole rings is 1. The second-order valence-corrected chi connectivity index (χ2v) is 21.2. The van der Waals surface area contributed by atoms with Crippen LogP contribution in [-0.2, 0) is 84.7 Å². The van der Waals surface area contributed by atoms with E-state index in [0.717, 1.165) is 28.2 Å². The molecule has 0 saturated heterocycles. The Bertz CT molecular complexity index is 2520. The van der Waals surface area contributed by atoms with Gasteiger partial charge in [-0.25, -0.2) is 9.97 Å². The van der Waals surface area contributed by atoms with Gasteiger partial charge >= 0.3 is 5.97 Å². The van der Waals surface area contributed by atoms with Crippen molar-refractivity contribution in [3.63, 3.8) is 0 Å². The number of aromatic nitrogens is 3. The van der Waals surface area contributed by atoms with E-state index in [1.165, 1.54) is 0 Å². The molecule has 2 heterocycles. The molecule has 0 aliphatic heterocycles. The number of aliphatic carboxylic acids is 1. The molecule has 25 nitrogen and oxygen atoms in total. The number of hydrogen-bond acceptors (Lipinski definition) is 20. The number of carboxylic acids is 1. The van der Waals surface area contributed by atoms with E-state index < -0.39 is 52.4 Å². The average molecular weight is 1150 g/mol. The summed E-state index contributed by atoms with van der Waals surface area (Å²) in [6.45, 7) is 12.0. The molecule has 3 rings (SSSR count). The van der Waals surface area contributed by atoms with E-state index in [0.29, 0.717) is 69.6 Å². The quantitative estimate of drug-likeness (QED) is 0.0398. The van der Waals surface area contributed by atoms with Crippen LogP contribution >= 0.6 is 11.8 Å². The van der Waals surface area contributed by atoms with Crippen LogP contribution in [0, 0.1) is 5.92 Å². The van der Waals surface area contributed by atoms with E-state index in [4.69, 9.17) is 50.6 Å². The maximum absolute atomic E-state index is 13.3. The summed E-state index contributed by atoms with van der Waals surface area (Å²) in [6, 6.07) is 7.68. The summed E-state index contributed by atoms with van der Waals surface area (Å²) in [7, 11) is 0. The number of thioether (sulfide) groups is 1. The summed E-state index contributed by atoms with van der Waals surface area (Å²) >= 11 is 0.865. The van der Waals surface area contributed by atoms with Gasteiger partial charge in [0.1, 0.15) is 29.5 Å². The zero-order valence-electron chi connectivity index (χ0n) is 46.9. The van der Waals surface area contributed by atoms with Crippen LogP contribution in [0.15, 0.2) is 24.3 Å². The van der Waals surface area contributed by atoms with Crippen molar-refractivity contribution in [2.75, 3.05) is 97.2 Å². The highest BCUT2D eigenvalue weighted by Gasteiger charge is 2.31. The third-order valence-corrected chi connectivity index (χ3v) is 13.6. The van der Waals surface area contributed by atoms with Crippen LogP contribution in [0.5, 0.6) is 0 Å². The Hall–Kier alpha value is -6.00. The number of pyridine rings is 1. The molecule has 10 N–H and O–H groups in total. The van der Waals surface area contributed by atoms with E-state index in [1.807, 2.05) is 49.6 Å². The van der Waals surface area contributed by atoms with E-state index in [9.17, 15) is 48.3 Å². The number of ether oxygens (including phenoxy) is 6. The maximum Gasteiger partial charge on any atom is 0.305 e. The predicted molar refractivity (Wildman–Crippen MR) is 298 cm³/mol. The Kier molecular flexibility index (Phi) is 31.0. The monoisotopic (exact) mass is 1150 g/mol. The van der Waals surface area contributed by atoms with Crippen LogP contribution < -0.4 is 33.2 Å². The molecule has 0 bridgehead atoms. The number of amides is 4. The molecule has 446 valence electrons. The molecule has 0 spiro atoms. The number of nitrogen functional groups attached to an aromatic ring is 1. The molecule has 1 aromatic carbocycles. The van der Waals surface area contributed by atoms with E-state index >= 15 is 0 Å². The summed E-state index contributed by atoms with van der Waals surface area (Å²) < 4.78 is 35.9. The minimum Gasteiger partial charge on any atom is -0.481 e.